The lowest BCUT2D eigenvalue weighted by molar-refractivity contribution is -0.137. The predicted octanol–water partition coefficient (Wildman–Crippen LogP) is 5.62. The van der Waals surface area contributed by atoms with Gasteiger partial charge in [0.1, 0.15) is 0 Å². The molecule has 1 N–H and O–H groups in total. The van der Waals surface area contributed by atoms with Crippen LogP contribution in [0.25, 0.3) is 0 Å². The maximum atomic E-state index is 12.5. The van der Waals surface area contributed by atoms with Gasteiger partial charge in [0.05, 0.1) is 5.56 Å². The zero-order valence-electron chi connectivity index (χ0n) is 13.0. The number of anilines is 1. The Morgan fingerprint density at radius 3 is 2.00 bits per heavy atom. The molecule has 0 aliphatic carbocycles. The summed E-state index contributed by atoms with van der Waals surface area (Å²) < 4.78 is 37.6. The van der Waals surface area contributed by atoms with Crippen molar-refractivity contribution < 1.29 is 13.2 Å². The van der Waals surface area contributed by atoms with E-state index in [1.807, 2.05) is 18.2 Å². The summed E-state index contributed by atoms with van der Waals surface area (Å²) >= 11 is 0. The van der Waals surface area contributed by atoms with E-state index in [0.29, 0.717) is 12.2 Å². The predicted molar refractivity (Wildman–Crippen MR) is 83.9 cm³/mol. The van der Waals surface area contributed by atoms with E-state index in [4.69, 9.17) is 0 Å². The topological polar surface area (TPSA) is 12.0 Å². The highest BCUT2D eigenvalue weighted by atomic mass is 19.4. The lowest BCUT2D eigenvalue weighted by Gasteiger charge is -2.23. The summed E-state index contributed by atoms with van der Waals surface area (Å²) in [6, 6.07) is 13.2. The van der Waals surface area contributed by atoms with E-state index >= 15 is 0 Å². The summed E-state index contributed by atoms with van der Waals surface area (Å²) in [6.45, 7) is 7.01. The molecule has 0 aliphatic heterocycles. The van der Waals surface area contributed by atoms with Gasteiger partial charge >= 0.3 is 6.18 Å². The van der Waals surface area contributed by atoms with E-state index in [9.17, 15) is 13.2 Å². The molecule has 0 amide bonds. The van der Waals surface area contributed by atoms with Gasteiger partial charge in [-0.05, 0) is 40.8 Å². The van der Waals surface area contributed by atoms with Crippen molar-refractivity contribution in [1.29, 1.82) is 0 Å². The number of rotatable bonds is 3. The summed E-state index contributed by atoms with van der Waals surface area (Å²) in [6.07, 6.45) is -4.29. The monoisotopic (exact) mass is 307 g/mol. The summed E-state index contributed by atoms with van der Waals surface area (Å²) in [5, 5.41) is 3.18. The fourth-order valence-corrected chi connectivity index (χ4v) is 2.38. The van der Waals surface area contributed by atoms with Gasteiger partial charge in [0.2, 0.25) is 0 Å². The van der Waals surface area contributed by atoms with Crippen molar-refractivity contribution in [3.05, 3.63) is 65.2 Å². The SMILES string of the molecule is CC(C)(C)c1ccccc1CNc1ccc(C(F)(F)F)cc1. The Morgan fingerprint density at radius 1 is 0.864 bits per heavy atom. The molecule has 0 atom stereocenters. The van der Waals surface area contributed by atoms with Gasteiger partial charge in [0, 0.05) is 12.2 Å². The molecule has 22 heavy (non-hydrogen) atoms. The molecule has 0 radical (unpaired) electrons. The summed E-state index contributed by atoms with van der Waals surface area (Å²) in [4.78, 5) is 0. The Morgan fingerprint density at radius 2 is 1.45 bits per heavy atom. The van der Waals surface area contributed by atoms with Gasteiger partial charge in [-0.1, -0.05) is 45.0 Å². The van der Waals surface area contributed by atoms with Crippen molar-refractivity contribution in [2.24, 2.45) is 0 Å². The zero-order chi connectivity index (χ0) is 16.4. The summed E-state index contributed by atoms with van der Waals surface area (Å²) in [5.74, 6) is 0. The van der Waals surface area contributed by atoms with Crippen molar-refractivity contribution >= 4 is 5.69 Å². The molecule has 0 aromatic heterocycles. The van der Waals surface area contributed by atoms with Crippen molar-refractivity contribution in [1.82, 2.24) is 0 Å². The molecule has 2 aromatic rings. The van der Waals surface area contributed by atoms with Gasteiger partial charge in [0.25, 0.3) is 0 Å². The minimum atomic E-state index is -4.29. The Balaban J connectivity index is 2.11. The molecule has 0 saturated carbocycles. The molecule has 2 rings (SSSR count). The highest BCUT2D eigenvalue weighted by Gasteiger charge is 2.29. The first kappa shape index (κ1) is 16.4. The minimum Gasteiger partial charge on any atom is -0.381 e. The number of hydrogen-bond donors (Lipinski definition) is 1. The van der Waals surface area contributed by atoms with Gasteiger partial charge in [-0.15, -0.1) is 0 Å². The van der Waals surface area contributed by atoms with E-state index in [2.05, 4.69) is 32.2 Å². The van der Waals surface area contributed by atoms with Crippen LogP contribution in [0.2, 0.25) is 0 Å². The molecular formula is C18H20F3N. The van der Waals surface area contributed by atoms with Crippen LogP contribution in [0.1, 0.15) is 37.5 Å². The summed E-state index contributed by atoms with van der Waals surface area (Å²) in [5.41, 5.74) is 2.45. The molecular weight excluding hydrogens is 287 g/mol. The summed E-state index contributed by atoms with van der Waals surface area (Å²) in [7, 11) is 0. The van der Waals surface area contributed by atoms with Gasteiger partial charge in [0.15, 0.2) is 0 Å². The standard InChI is InChI=1S/C18H20F3N/c1-17(2,3)16-7-5-4-6-13(16)12-22-15-10-8-14(9-11-15)18(19,20)21/h4-11,22H,12H2,1-3H3. The number of hydrogen-bond acceptors (Lipinski definition) is 1. The van der Waals surface area contributed by atoms with Crippen molar-refractivity contribution in [3.63, 3.8) is 0 Å². The molecule has 0 heterocycles. The Bertz CT molecular complexity index is 622. The number of benzene rings is 2. The largest absolute Gasteiger partial charge is 0.416 e. The Hall–Kier alpha value is -1.97. The molecule has 0 saturated heterocycles. The smallest absolute Gasteiger partial charge is 0.381 e. The molecule has 0 bridgehead atoms. The van der Waals surface area contributed by atoms with Gasteiger partial charge < -0.3 is 5.32 Å². The van der Waals surface area contributed by atoms with E-state index in [1.165, 1.54) is 17.7 Å². The van der Waals surface area contributed by atoms with Crippen LogP contribution >= 0.6 is 0 Å². The van der Waals surface area contributed by atoms with Crippen LogP contribution in [0.3, 0.4) is 0 Å². The third kappa shape index (κ3) is 4.03. The van der Waals surface area contributed by atoms with Gasteiger partial charge in [-0.3, -0.25) is 0 Å². The van der Waals surface area contributed by atoms with Crippen molar-refractivity contribution in [2.45, 2.75) is 38.9 Å². The molecule has 0 fully saturated rings. The van der Waals surface area contributed by atoms with E-state index in [-0.39, 0.29) is 5.41 Å². The number of alkyl halides is 3. The van der Waals surface area contributed by atoms with Crippen LogP contribution in [0.5, 0.6) is 0 Å². The highest BCUT2D eigenvalue weighted by molar-refractivity contribution is 5.46. The molecule has 1 nitrogen and oxygen atoms in total. The van der Waals surface area contributed by atoms with Gasteiger partial charge in [-0.25, -0.2) is 0 Å². The zero-order valence-corrected chi connectivity index (χ0v) is 13.0. The van der Waals surface area contributed by atoms with Crippen LogP contribution in [0.4, 0.5) is 18.9 Å². The normalized spacial score (nSPS) is 12.3. The molecule has 4 heteroatoms. The Labute approximate surface area is 129 Å². The Kier molecular flexibility index (Phi) is 4.50. The molecule has 0 aliphatic rings. The van der Waals surface area contributed by atoms with E-state index < -0.39 is 11.7 Å². The van der Waals surface area contributed by atoms with Crippen LogP contribution in [0.15, 0.2) is 48.5 Å². The van der Waals surface area contributed by atoms with Crippen molar-refractivity contribution in [2.75, 3.05) is 5.32 Å². The van der Waals surface area contributed by atoms with Crippen molar-refractivity contribution in [3.8, 4) is 0 Å². The molecule has 0 unspecified atom stereocenters. The van der Waals surface area contributed by atoms with E-state index in [0.717, 1.165) is 17.7 Å². The lowest BCUT2D eigenvalue weighted by atomic mass is 9.84. The third-order valence-corrected chi connectivity index (χ3v) is 3.52. The number of nitrogens with one attached hydrogen (secondary N) is 1. The first-order chi connectivity index (χ1) is 10.2. The fourth-order valence-electron chi connectivity index (χ4n) is 2.38. The quantitative estimate of drug-likeness (QED) is 0.776. The molecule has 2 aromatic carbocycles. The van der Waals surface area contributed by atoms with Crippen LogP contribution in [-0.2, 0) is 18.1 Å². The minimum absolute atomic E-state index is 0.0262. The highest BCUT2D eigenvalue weighted by Crippen LogP contribution is 2.30. The third-order valence-electron chi connectivity index (χ3n) is 3.52. The average Bonchev–Trinajstić information content (AvgIpc) is 2.44. The average molecular weight is 307 g/mol. The molecule has 0 spiro atoms. The van der Waals surface area contributed by atoms with E-state index in [1.54, 1.807) is 0 Å². The maximum Gasteiger partial charge on any atom is 0.416 e. The second-order valence-electron chi connectivity index (χ2n) is 6.34. The first-order valence-corrected chi connectivity index (χ1v) is 7.17. The maximum absolute atomic E-state index is 12.5. The second-order valence-corrected chi connectivity index (χ2v) is 6.34. The fraction of sp³-hybridized carbons (Fsp3) is 0.333. The van der Waals surface area contributed by atoms with Crippen LogP contribution in [0, 0.1) is 0 Å². The van der Waals surface area contributed by atoms with Gasteiger partial charge in [-0.2, -0.15) is 13.2 Å². The molecule has 118 valence electrons. The van der Waals surface area contributed by atoms with Crippen LogP contribution in [-0.4, -0.2) is 0 Å². The first-order valence-electron chi connectivity index (χ1n) is 7.17. The number of halogens is 3. The second kappa shape index (κ2) is 6.03. The van der Waals surface area contributed by atoms with Crippen LogP contribution < -0.4 is 5.32 Å². The lowest BCUT2D eigenvalue weighted by Crippen LogP contribution is -2.15.